The van der Waals surface area contributed by atoms with Crippen LogP contribution < -0.4 is 0 Å². The molecule has 0 bridgehead atoms. The van der Waals surface area contributed by atoms with Gasteiger partial charge in [0, 0.05) is 17.8 Å². The number of benzene rings is 1. The topological polar surface area (TPSA) is 26.3 Å². The Morgan fingerprint density at radius 3 is 2.80 bits per heavy atom. The van der Waals surface area contributed by atoms with Crippen LogP contribution in [0, 0.1) is 17.8 Å². The summed E-state index contributed by atoms with van der Waals surface area (Å²) >= 11 is 0. The second-order valence-corrected chi connectivity index (χ2v) is 5.10. The van der Waals surface area contributed by atoms with Gasteiger partial charge in [-0.1, -0.05) is 47.9 Å². The number of carbonyl (C=O) groups is 1. The number of hydrogen-bond acceptors (Lipinski definition) is 2. The SMILES string of the molecule is CCOC(=O)C#CC1CC=C(C)CC1c1ccccc1. The number of ether oxygens (including phenoxy) is 1. The smallest absolute Gasteiger partial charge is 0.384 e. The molecular weight excluding hydrogens is 248 g/mol. The first kappa shape index (κ1) is 14.4. The van der Waals surface area contributed by atoms with Crippen molar-refractivity contribution in [3.8, 4) is 11.8 Å². The molecule has 0 saturated carbocycles. The Hall–Kier alpha value is -2.01. The molecule has 0 saturated heterocycles. The van der Waals surface area contributed by atoms with Crippen molar-refractivity contribution in [2.24, 2.45) is 5.92 Å². The van der Waals surface area contributed by atoms with Crippen molar-refractivity contribution in [3.63, 3.8) is 0 Å². The standard InChI is InChI=1S/C18H20O2/c1-3-20-18(19)12-11-16-10-9-14(2)13-17(16)15-7-5-4-6-8-15/h4-9,16-17H,3,10,13H2,1-2H3. The zero-order chi connectivity index (χ0) is 14.4. The van der Waals surface area contributed by atoms with Crippen molar-refractivity contribution < 1.29 is 9.53 Å². The molecule has 0 heterocycles. The summed E-state index contributed by atoms with van der Waals surface area (Å²) in [4.78, 5) is 11.4. The summed E-state index contributed by atoms with van der Waals surface area (Å²) < 4.78 is 4.87. The summed E-state index contributed by atoms with van der Waals surface area (Å²) in [6.45, 7) is 4.32. The average molecular weight is 268 g/mol. The minimum Gasteiger partial charge on any atom is -0.456 e. The van der Waals surface area contributed by atoms with Crippen molar-refractivity contribution in [3.05, 3.63) is 47.5 Å². The number of allylic oxidation sites excluding steroid dienone is 2. The van der Waals surface area contributed by atoms with E-state index in [2.05, 4.69) is 49.1 Å². The summed E-state index contributed by atoms with van der Waals surface area (Å²) in [5.41, 5.74) is 2.69. The lowest BCUT2D eigenvalue weighted by Gasteiger charge is -2.27. The Morgan fingerprint density at radius 2 is 2.10 bits per heavy atom. The Kier molecular flexibility index (Phi) is 5.01. The maximum atomic E-state index is 11.4. The van der Waals surface area contributed by atoms with Crippen LogP contribution >= 0.6 is 0 Å². The molecule has 0 fully saturated rings. The highest BCUT2D eigenvalue weighted by Crippen LogP contribution is 2.36. The predicted molar refractivity (Wildman–Crippen MR) is 80.1 cm³/mol. The Bertz CT molecular complexity index is 546. The average Bonchev–Trinajstić information content (AvgIpc) is 2.47. The van der Waals surface area contributed by atoms with Crippen molar-refractivity contribution in [2.45, 2.75) is 32.6 Å². The molecule has 104 valence electrons. The first-order valence-corrected chi connectivity index (χ1v) is 7.09. The zero-order valence-corrected chi connectivity index (χ0v) is 12.1. The van der Waals surface area contributed by atoms with Gasteiger partial charge in [-0.05, 0) is 32.3 Å². The van der Waals surface area contributed by atoms with Gasteiger partial charge in [0.2, 0.25) is 0 Å². The van der Waals surface area contributed by atoms with Crippen LogP contribution in [0.5, 0.6) is 0 Å². The van der Waals surface area contributed by atoms with E-state index in [-0.39, 0.29) is 5.92 Å². The van der Waals surface area contributed by atoms with E-state index in [0.29, 0.717) is 12.5 Å². The zero-order valence-electron chi connectivity index (χ0n) is 12.1. The molecule has 0 amide bonds. The summed E-state index contributed by atoms with van der Waals surface area (Å²) in [5, 5.41) is 0. The van der Waals surface area contributed by atoms with Crippen LogP contribution in [0.25, 0.3) is 0 Å². The lowest BCUT2D eigenvalue weighted by atomic mass is 9.76. The molecule has 1 aromatic rings. The molecular formula is C18H20O2. The lowest BCUT2D eigenvalue weighted by Crippen LogP contribution is -2.16. The van der Waals surface area contributed by atoms with E-state index in [1.54, 1.807) is 6.92 Å². The van der Waals surface area contributed by atoms with Crippen LogP contribution in [0.1, 0.15) is 38.2 Å². The van der Waals surface area contributed by atoms with Crippen molar-refractivity contribution in [1.29, 1.82) is 0 Å². The van der Waals surface area contributed by atoms with Crippen LogP contribution in [0.15, 0.2) is 42.0 Å². The van der Waals surface area contributed by atoms with E-state index in [4.69, 9.17) is 4.74 Å². The van der Waals surface area contributed by atoms with Gasteiger partial charge < -0.3 is 4.74 Å². The quantitative estimate of drug-likeness (QED) is 0.354. The van der Waals surface area contributed by atoms with Crippen molar-refractivity contribution in [2.75, 3.05) is 6.61 Å². The second kappa shape index (κ2) is 6.96. The van der Waals surface area contributed by atoms with Crippen molar-refractivity contribution in [1.82, 2.24) is 0 Å². The number of rotatable bonds is 2. The maximum absolute atomic E-state index is 11.4. The molecule has 1 aromatic carbocycles. The third kappa shape index (κ3) is 3.74. The molecule has 0 aliphatic heterocycles. The van der Waals surface area contributed by atoms with Gasteiger partial charge in [-0.3, -0.25) is 0 Å². The lowest BCUT2D eigenvalue weighted by molar-refractivity contribution is -0.136. The van der Waals surface area contributed by atoms with Gasteiger partial charge in [0.15, 0.2) is 0 Å². The van der Waals surface area contributed by atoms with Gasteiger partial charge in [-0.25, -0.2) is 4.79 Å². The Balaban J connectivity index is 2.19. The van der Waals surface area contributed by atoms with Crippen LogP contribution in [0.2, 0.25) is 0 Å². The fraction of sp³-hybridized carbons (Fsp3) is 0.389. The molecule has 0 aromatic heterocycles. The fourth-order valence-electron chi connectivity index (χ4n) is 2.59. The normalized spacial score (nSPS) is 21.4. The number of carbonyl (C=O) groups excluding carboxylic acids is 1. The van der Waals surface area contributed by atoms with Crippen LogP contribution in [-0.4, -0.2) is 12.6 Å². The highest BCUT2D eigenvalue weighted by atomic mass is 16.5. The number of esters is 1. The molecule has 0 N–H and O–H groups in total. The minimum atomic E-state index is -0.425. The van der Waals surface area contributed by atoms with Gasteiger partial charge in [0.25, 0.3) is 0 Å². The summed E-state index contributed by atoms with van der Waals surface area (Å²) in [6, 6.07) is 10.4. The van der Waals surface area contributed by atoms with E-state index in [1.165, 1.54) is 11.1 Å². The molecule has 20 heavy (non-hydrogen) atoms. The molecule has 2 nitrogen and oxygen atoms in total. The molecule has 0 spiro atoms. The molecule has 1 aliphatic rings. The molecule has 1 aliphatic carbocycles. The highest BCUT2D eigenvalue weighted by molar-refractivity contribution is 5.88. The van der Waals surface area contributed by atoms with E-state index in [1.807, 2.05) is 6.07 Å². The highest BCUT2D eigenvalue weighted by Gasteiger charge is 2.24. The number of hydrogen-bond donors (Lipinski definition) is 0. The Morgan fingerprint density at radius 1 is 1.35 bits per heavy atom. The van der Waals surface area contributed by atoms with Crippen molar-refractivity contribution >= 4 is 5.97 Å². The molecule has 0 radical (unpaired) electrons. The van der Waals surface area contributed by atoms with Crippen LogP contribution in [0.4, 0.5) is 0 Å². The van der Waals surface area contributed by atoms with Crippen LogP contribution in [0.3, 0.4) is 0 Å². The summed E-state index contributed by atoms with van der Waals surface area (Å²) in [7, 11) is 0. The summed E-state index contributed by atoms with van der Waals surface area (Å²) in [5.74, 6) is 5.86. The molecule has 2 unspecified atom stereocenters. The maximum Gasteiger partial charge on any atom is 0.384 e. The fourth-order valence-corrected chi connectivity index (χ4v) is 2.59. The third-order valence-electron chi connectivity index (χ3n) is 3.61. The van der Waals surface area contributed by atoms with Gasteiger partial charge >= 0.3 is 5.97 Å². The summed E-state index contributed by atoms with van der Waals surface area (Å²) in [6.07, 6.45) is 4.13. The first-order valence-electron chi connectivity index (χ1n) is 7.09. The predicted octanol–water partition coefficient (Wildman–Crippen LogP) is 3.69. The van der Waals surface area contributed by atoms with Crippen LogP contribution in [-0.2, 0) is 9.53 Å². The third-order valence-corrected chi connectivity index (χ3v) is 3.61. The molecule has 2 atom stereocenters. The van der Waals surface area contributed by atoms with E-state index < -0.39 is 5.97 Å². The van der Waals surface area contributed by atoms with Gasteiger partial charge in [0.1, 0.15) is 0 Å². The second-order valence-electron chi connectivity index (χ2n) is 5.10. The molecule has 2 rings (SSSR count). The minimum absolute atomic E-state index is 0.186. The van der Waals surface area contributed by atoms with E-state index in [0.717, 1.165) is 12.8 Å². The van der Waals surface area contributed by atoms with E-state index >= 15 is 0 Å². The Labute approximate surface area is 120 Å². The van der Waals surface area contributed by atoms with E-state index in [9.17, 15) is 4.79 Å². The van der Waals surface area contributed by atoms with Gasteiger partial charge in [-0.15, -0.1) is 0 Å². The first-order chi connectivity index (χ1) is 9.70. The largest absolute Gasteiger partial charge is 0.456 e. The van der Waals surface area contributed by atoms with Gasteiger partial charge in [0.05, 0.1) is 6.61 Å². The monoisotopic (exact) mass is 268 g/mol. The molecule has 2 heteroatoms. The van der Waals surface area contributed by atoms with Gasteiger partial charge in [-0.2, -0.15) is 0 Å².